The van der Waals surface area contributed by atoms with E-state index in [0.29, 0.717) is 11.4 Å². The van der Waals surface area contributed by atoms with E-state index in [4.69, 9.17) is 0 Å². The number of carbonyl (C=O) groups excluding carboxylic acids is 1. The third-order valence-corrected chi connectivity index (χ3v) is 5.72. The Bertz CT molecular complexity index is 880. The molecule has 1 amide bonds. The number of sulfonamides is 1. The van der Waals surface area contributed by atoms with E-state index in [-0.39, 0.29) is 0 Å². The van der Waals surface area contributed by atoms with Crippen molar-refractivity contribution in [1.82, 2.24) is 0 Å². The van der Waals surface area contributed by atoms with E-state index < -0.39 is 22.0 Å². The van der Waals surface area contributed by atoms with Gasteiger partial charge in [-0.3, -0.25) is 9.10 Å². The Kier molecular flexibility index (Phi) is 5.90. The largest absolute Gasteiger partial charge is 0.324 e. The summed E-state index contributed by atoms with van der Waals surface area (Å²) in [6.45, 7) is 5.43. The van der Waals surface area contributed by atoms with Gasteiger partial charge in [0.15, 0.2) is 0 Å². The van der Waals surface area contributed by atoms with Crippen molar-refractivity contribution < 1.29 is 13.2 Å². The third-order valence-electron chi connectivity index (χ3n) is 3.95. The van der Waals surface area contributed by atoms with Gasteiger partial charge in [-0.25, -0.2) is 8.42 Å². The number of hydrogen-bond donors (Lipinski definition) is 1. The molecule has 134 valence electrons. The number of benzene rings is 2. The van der Waals surface area contributed by atoms with E-state index >= 15 is 0 Å². The minimum Gasteiger partial charge on any atom is -0.324 e. The molecule has 1 N–H and O–H groups in total. The number of nitrogens with one attached hydrogen (secondary N) is 1. The molecule has 0 aliphatic heterocycles. The van der Waals surface area contributed by atoms with Crippen LogP contribution in [0.1, 0.15) is 18.1 Å². The van der Waals surface area contributed by atoms with Gasteiger partial charge in [0.2, 0.25) is 15.9 Å². The first-order chi connectivity index (χ1) is 11.6. The van der Waals surface area contributed by atoms with Gasteiger partial charge in [0.1, 0.15) is 6.04 Å². The Morgan fingerprint density at radius 2 is 1.68 bits per heavy atom. The van der Waals surface area contributed by atoms with Gasteiger partial charge in [-0.05, 0) is 68.3 Å². The summed E-state index contributed by atoms with van der Waals surface area (Å²) in [6, 6.07) is 11.6. The highest BCUT2D eigenvalue weighted by atomic mass is 79.9. The highest BCUT2D eigenvalue weighted by molar-refractivity contribution is 9.10. The van der Waals surface area contributed by atoms with Gasteiger partial charge in [-0.15, -0.1) is 0 Å². The number of carbonyl (C=O) groups is 1. The van der Waals surface area contributed by atoms with Gasteiger partial charge < -0.3 is 5.32 Å². The topological polar surface area (TPSA) is 66.5 Å². The quantitative estimate of drug-likeness (QED) is 0.791. The maximum atomic E-state index is 12.6. The van der Waals surface area contributed by atoms with Crippen LogP contribution >= 0.6 is 15.9 Å². The first kappa shape index (κ1) is 19.5. The Hall–Kier alpha value is -1.86. The highest BCUT2D eigenvalue weighted by Gasteiger charge is 2.29. The zero-order valence-corrected chi connectivity index (χ0v) is 17.0. The SMILES string of the molecule is Cc1ccc(N([C@H](C)C(=O)Nc2ccc(Br)cc2)S(C)(=O)=O)cc1C. The molecule has 0 aliphatic rings. The molecule has 7 heteroatoms. The smallest absolute Gasteiger partial charge is 0.247 e. The van der Waals surface area contributed by atoms with Crippen LogP contribution in [0.2, 0.25) is 0 Å². The molecular weight excluding hydrogens is 404 g/mol. The predicted molar refractivity (Wildman–Crippen MR) is 105 cm³/mol. The van der Waals surface area contributed by atoms with Crippen molar-refractivity contribution in [2.75, 3.05) is 15.9 Å². The summed E-state index contributed by atoms with van der Waals surface area (Å²) in [5.74, 6) is -0.397. The van der Waals surface area contributed by atoms with Gasteiger partial charge in [0.25, 0.3) is 0 Å². The molecule has 2 aromatic carbocycles. The average Bonchev–Trinajstić information content (AvgIpc) is 2.51. The number of anilines is 2. The van der Waals surface area contributed by atoms with Crippen molar-refractivity contribution in [3.63, 3.8) is 0 Å². The van der Waals surface area contributed by atoms with E-state index in [1.807, 2.05) is 19.9 Å². The number of hydrogen-bond acceptors (Lipinski definition) is 3. The van der Waals surface area contributed by atoms with Crippen LogP contribution < -0.4 is 9.62 Å². The first-order valence-corrected chi connectivity index (χ1v) is 10.4. The normalized spacial score (nSPS) is 12.5. The van der Waals surface area contributed by atoms with Crippen molar-refractivity contribution in [2.24, 2.45) is 0 Å². The second kappa shape index (κ2) is 7.58. The summed E-state index contributed by atoms with van der Waals surface area (Å²) in [5, 5.41) is 2.75. The highest BCUT2D eigenvalue weighted by Crippen LogP contribution is 2.24. The fourth-order valence-corrected chi connectivity index (χ4v) is 3.88. The van der Waals surface area contributed by atoms with Crippen LogP contribution in [0.4, 0.5) is 11.4 Å². The number of halogens is 1. The Morgan fingerprint density at radius 1 is 1.08 bits per heavy atom. The minimum absolute atomic E-state index is 0.397. The van der Waals surface area contributed by atoms with Gasteiger partial charge in [-0.2, -0.15) is 0 Å². The van der Waals surface area contributed by atoms with Gasteiger partial charge >= 0.3 is 0 Å². The van der Waals surface area contributed by atoms with Crippen LogP contribution in [-0.4, -0.2) is 26.6 Å². The van der Waals surface area contributed by atoms with Crippen molar-refractivity contribution in [1.29, 1.82) is 0 Å². The number of nitrogens with zero attached hydrogens (tertiary/aromatic N) is 1. The Labute approximate surface area is 157 Å². The Balaban J connectivity index is 2.32. The molecule has 2 aromatic rings. The lowest BCUT2D eigenvalue weighted by Crippen LogP contribution is -2.45. The summed E-state index contributed by atoms with van der Waals surface area (Å²) >= 11 is 3.33. The van der Waals surface area contributed by atoms with Gasteiger partial charge in [-0.1, -0.05) is 22.0 Å². The monoisotopic (exact) mass is 424 g/mol. The molecule has 0 aliphatic carbocycles. The second-order valence-corrected chi connectivity index (χ2v) is 8.77. The number of aryl methyl sites for hydroxylation is 2. The summed E-state index contributed by atoms with van der Waals surface area (Å²) in [7, 11) is -3.63. The Morgan fingerprint density at radius 3 is 2.20 bits per heavy atom. The third kappa shape index (κ3) is 4.83. The van der Waals surface area contributed by atoms with Crippen LogP contribution in [0.25, 0.3) is 0 Å². The fraction of sp³-hybridized carbons (Fsp3) is 0.278. The second-order valence-electron chi connectivity index (χ2n) is 6.00. The first-order valence-electron chi connectivity index (χ1n) is 7.72. The summed E-state index contributed by atoms with van der Waals surface area (Å²) in [5.41, 5.74) is 3.11. The number of amides is 1. The molecule has 0 saturated carbocycles. The summed E-state index contributed by atoms with van der Waals surface area (Å²) in [6.07, 6.45) is 1.10. The zero-order valence-electron chi connectivity index (χ0n) is 14.6. The van der Waals surface area contributed by atoms with Crippen molar-refractivity contribution in [3.8, 4) is 0 Å². The van der Waals surface area contributed by atoms with Crippen LogP contribution in [-0.2, 0) is 14.8 Å². The lowest BCUT2D eigenvalue weighted by molar-refractivity contribution is -0.116. The molecule has 2 rings (SSSR count). The lowest BCUT2D eigenvalue weighted by atomic mass is 10.1. The maximum absolute atomic E-state index is 12.6. The standard InChI is InChI=1S/C18H21BrN2O3S/c1-12-5-10-17(11-13(12)2)21(25(4,23)24)14(3)18(22)20-16-8-6-15(19)7-9-16/h5-11,14H,1-4H3,(H,20,22)/t14-/m1/s1. The van der Waals surface area contributed by atoms with E-state index in [0.717, 1.165) is 26.2 Å². The predicted octanol–water partition coefficient (Wildman–Crippen LogP) is 3.86. The fourth-order valence-electron chi connectivity index (χ4n) is 2.45. The zero-order chi connectivity index (χ0) is 18.8. The van der Waals surface area contributed by atoms with Crippen molar-refractivity contribution >= 4 is 43.2 Å². The van der Waals surface area contributed by atoms with E-state index in [9.17, 15) is 13.2 Å². The summed E-state index contributed by atoms with van der Waals surface area (Å²) in [4.78, 5) is 12.6. The van der Waals surface area contributed by atoms with Gasteiger partial charge in [0.05, 0.1) is 11.9 Å². The molecule has 25 heavy (non-hydrogen) atoms. The molecule has 0 aromatic heterocycles. The van der Waals surface area contributed by atoms with Gasteiger partial charge in [0, 0.05) is 10.2 Å². The maximum Gasteiger partial charge on any atom is 0.247 e. The molecule has 0 bridgehead atoms. The molecule has 0 saturated heterocycles. The van der Waals surface area contributed by atoms with E-state index in [2.05, 4.69) is 21.2 Å². The van der Waals surface area contributed by atoms with E-state index in [1.54, 1.807) is 43.3 Å². The lowest BCUT2D eigenvalue weighted by Gasteiger charge is -2.28. The summed E-state index contributed by atoms with van der Waals surface area (Å²) < 4.78 is 26.7. The van der Waals surface area contributed by atoms with Crippen LogP contribution in [0, 0.1) is 13.8 Å². The van der Waals surface area contributed by atoms with Crippen LogP contribution in [0.15, 0.2) is 46.9 Å². The number of rotatable bonds is 5. The molecule has 1 atom stereocenters. The molecule has 5 nitrogen and oxygen atoms in total. The van der Waals surface area contributed by atoms with E-state index in [1.165, 1.54) is 0 Å². The molecule has 0 heterocycles. The average molecular weight is 425 g/mol. The molecule has 0 radical (unpaired) electrons. The van der Waals surface area contributed by atoms with Crippen LogP contribution in [0.5, 0.6) is 0 Å². The minimum atomic E-state index is -3.63. The molecular formula is C18H21BrN2O3S. The van der Waals surface area contributed by atoms with Crippen molar-refractivity contribution in [3.05, 3.63) is 58.1 Å². The molecule has 0 unspecified atom stereocenters. The van der Waals surface area contributed by atoms with Crippen molar-refractivity contribution in [2.45, 2.75) is 26.8 Å². The molecule has 0 fully saturated rings. The van der Waals surface area contributed by atoms with Crippen LogP contribution in [0.3, 0.4) is 0 Å². The molecule has 0 spiro atoms.